The molecule has 0 unspecified atom stereocenters. The quantitative estimate of drug-likeness (QED) is 0.789. The molecule has 1 heterocycles. The highest BCUT2D eigenvalue weighted by molar-refractivity contribution is 8.02. The first-order valence-electron chi connectivity index (χ1n) is 6.75. The van der Waals surface area contributed by atoms with Gasteiger partial charge in [0.15, 0.2) is 4.34 Å². The Morgan fingerprint density at radius 1 is 1.47 bits per heavy atom. The Hall–Kier alpha value is -0.820. The molecule has 0 aliphatic heterocycles. The van der Waals surface area contributed by atoms with Gasteiger partial charge >= 0.3 is 0 Å². The number of nitrogens with one attached hydrogen (secondary N) is 1. The predicted molar refractivity (Wildman–Crippen MR) is 79.5 cm³/mol. The van der Waals surface area contributed by atoms with Crippen LogP contribution in [0.15, 0.2) is 4.34 Å². The lowest BCUT2D eigenvalue weighted by atomic mass is 9.96. The van der Waals surface area contributed by atoms with Gasteiger partial charge in [0.25, 0.3) is 0 Å². The minimum atomic E-state index is -0.288. The van der Waals surface area contributed by atoms with Crippen LogP contribution in [0.2, 0.25) is 0 Å². The van der Waals surface area contributed by atoms with Gasteiger partial charge in [0.1, 0.15) is 0 Å². The third-order valence-electron chi connectivity index (χ3n) is 3.27. The number of primary amides is 1. The van der Waals surface area contributed by atoms with Crippen molar-refractivity contribution in [1.82, 2.24) is 10.2 Å². The number of amides is 1. The highest BCUT2D eigenvalue weighted by Gasteiger charge is 2.19. The Labute approximate surface area is 121 Å². The maximum atomic E-state index is 11.2. The molecule has 106 valence electrons. The standard InChI is InChI=1S/C12H20N4OS2/c1-2-9(10(13)17)18-12-16-15-11(19-12)14-8-6-4-3-5-7-8/h8-9H,2-7H2,1H3,(H2,13,17)(H,14,15)/t9-/m0/s1. The van der Waals surface area contributed by atoms with Crippen LogP contribution in [0, 0.1) is 0 Å². The molecule has 7 heteroatoms. The molecule has 0 aromatic carbocycles. The SMILES string of the molecule is CC[C@H](Sc1nnc(NC2CCCCC2)s1)C(N)=O. The molecule has 1 saturated carbocycles. The number of carbonyl (C=O) groups is 1. The van der Waals surface area contributed by atoms with Gasteiger partial charge in [-0.15, -0.1) is 10.2 Å². The number of nitrogens with two attached hydrogens (primary N) is 1. The molecule has 19 heavy (non-hydrogen) atoms. The van der Waals surface area contributed by atoms with E-state index in [2.05, 4.69) is 15.5 Å². The number of thioether (sulfide) groups is 1. The van der Waals surface area contributed by atoms with Crippen molar-refractivity contribution in [2.24, 2.45) is 5.73 Å². The van der Waals surface area contributed by atoms with Crippen molar-refractivity contribution in [2.45, 2.75) is 61.1 Å². The molecule has 1 aliphatic carbocycles. The lowest BCUT2D eigenvalue weighted by Gasteiger charge is -2.21. The van der Waals surface area contributed by atoms with Crippen LogP contribution in [0.25, 0.3) is 0 Å². The average molecular weight is 300 g/mol. The van der Waals surface area contributed by atoms with E-state index in [4.69, 9.17) is 5.73 Å². The minimum Gasteiger partial charge on any atom is -0.369 e. The fourth-order valence-electron chi connectivity index (χ4n) is 2.20. The molecule has 5 nitrogen and oxygen atoms in total. The van der Waals surface area contributed by atoms with Gasteiger partial charge in [0, 0.05) is 6.04 Å². The number of carbonyl (C=O) groups excluding carboxylic acids is 1. The second kappa shape index (κ2) is 7.09. The average Bonchev–Trinajstić information content (AvgIpc) is 2.84. The van der Waals surface area contributed by atoms with Gasteiger partial charge in [-0.2, -0.15) is 0 Å². The van der Waals surface area contributed by atoms with Gasteiger partial charge in [-0.25, -0.2) is 0 Å². The number of hydrogen-bond acceptors (Lipinski definition) is 6. The molecule has 1 aliphatic rings. The third kappa shape index (κ3) is 4.35. The fraction of sp³-hybridized carbons (Fsp3) is 0.750. The summed E-state index contributed by atoms with van der Waals surface area (Å²) in [5.74, 6) is -0.288. The van der Waals surface area contributed by atoms with E-state index in [1.807, 2.05) is 6.92 Å². The Morgan fingerprint density at radius 3 is 2.84 bits per heavy atom. The molecular weight excluding hydrogens is 280 g/mol. The molecule has 1 aromatic heterocycles. The molecule has 1 aromatic rings. The number of hydrogen-bond donors (Lipinski definition) is 2. The topological polar surface area (TPSA) is 80.9 Å². The zero-order valence-corrected chi connectivity index (χ0v) is 12.7. The zero-order valence-electron chi connectivity index (χ0n) is 11.1. The van der Waals surface area contributed by atoms with Gasteiger partial charge in [-0.3, -0.25) is 4.79 Å². The summed E-state index contributed by atoms with van der Waals surface area (Å²) in [6, 6.07) is 0.526. The number of nitrogens with zero attached hydrogens (tertiary/aromatic N) is 2. The monoisotopic (exact) mass is 300 g/mol. The highest BCUT2D eigenvalue weighted by atomic mass is 32.2. The Kier molecular flexibility index (Phi) is 5.45. The van der Waals surface area contributed by atoms with E-state index >= 15 is 0 Å². The second-order valence-corrected chi connectivity index (χ2v) is 7.20. The van der Waals surface area contributed by atoms with Crippen molar-refractivity contribution in [1.29, 1.82) is 0 Å². The van der Waals surface area contributed by atoms with Crippen molar-refractivity contribution in [2.75, 3.05) is 5.32 Å². The largest absolute Gasteiger partial charge is 0.369 e. The molecule has 1 atom stereocenters. The fourth-order valence-corrected chi connectivity index (χ4v) is 4.15. The van der Waals surface area contributed by atoms with E-state index < -0.39 is 0 Å². The van der Waals surface area contributed by atoms with Gasteiger partial charge in [0.05, 0.1) is 5.25 Å². The van der Waals surface area contributed by atoms with Gasteiger partial charge in [-0.1, -0.05) is 49.3 Å². The van der Waals surface area contributed by atoms with Crippen molar-refractivity contribution in [3.63, 3.8) is 0 Å². The zero-order chi connectivity index (χ0) is 13.7. The molecule has 0 saturated heterocycles. The molecule has 0 radical (unpaired) electrons. The predicted octanol–water partition coefficient (Wildman–Crippen LogP) is 2.64. The van der Waals surface area contributed by atoms with Crippen LogP contribution in [0.4, 0.5) is 5.13 Å². The first kappa shape index (κ1) is 14.6. The molecule has 2 rings (SSSR count). The summed E-state index contributed by atoms with van der Waals surface area (Å²) in [7, 11) is 0. The van der Waals surface area contributed by atoms with Crippen LogP contribution in [-0.2, 0) is 4.79 Å². The van der Waals surface area contributed by atoms with Crippen LogP contribution in [0.3, 0.4) is 0 Å². The van der Waals surface area contributed by atoms with Crippen molar-refractivity contribution < 1.29 is 4.79 Å². The first-order chi connectivity index (χ1) is 9.19. The summed E-state index contributed by atoms with van der Waals surface area (Å²) in [6.45, 7) is 1.95. The summed E-state index contributed by atoms with van der Waals surface area (Å²) < 4.78 is 0.809. The Balaban J connectivity index is 1.89. The molecule has 1 fully saturated rings. The van der Waals surface area contributed by atoms with Gasteiger partial charge < -0.3 is 11.1 Å². The molecule has 0 spiro atoms. The normalized spacial score (nSPS) is 18.2. The number of anilines is 1. The van der Waals surface area contributed by atoms with Crippen molar-refractivity contribution in [3.05, 3.63) is 0 Å². The van der Waals surface area contributed by atoms with E-state index in [9.17, 15) is 4.79 Å². The lowest BCUT2D eigenvalue weighted by Crippen LogP contribution is -2.24. The maximum absolute atomic E-state index is 11.2. The molecule has 3 N–H and O–H groups in total. The van der Waals surface area contributed by atoms with Crippen LogP contribution in [0.5, 0.6) is 0 Å². The van der Waals surface area contributed by atoms with Crippen LogP contribution in [-0.4, -0.2) is 27.4 Å². The minimum absolute atomic E-state index is 0.213. The Morgan fingerprint density at radius 2 is 2.21 bits per heavy atom. The van der Waals surface area contributed by atoms with E-state index in [1.165, 1.54) is 55.2 Å². The third-order valence-corrected chi connectivity index (χ3v) is 5.59. The maximum Gasteiger partial charge on any atom is 0.230 e. The summed E-state index contributed by atoms with van der Waals surface area (Å²) in [4.78, 5) is 11.2. The van der Waals surface area contributed by atoms with Crippen molar-refractivity contribution in [3.8, 4) is 0 Å². The van der Waals surface area contributed by atoms with E-state index in [0.717, 1.165) is 9.47 Å². The molecular formula is C12H20N4OS2. The van der Waals surface area contributed by atoms with Gasteiger partial charge in [0.2, 0.25) is 11.0 Å². The first-order valence-corrected chi connectivity index (χ1v) is 8.44. The Bertz CT molecular complexity index is 418. The number of rotatable bonds is 6. The van der Waals surface area contributed by atoms with Crippen LogP contribution in [0.1, 0.15) is 45.4 Å². The summed E-state index contributed by atoms with van der Waals surface area (Å²) in [6.07, 6.45) is 7.05. The summed E-state index contributed by atoms with van der Waals surface area (Å²) in [5, 5.41) is 12.3. The smallest absolute Gasteiger partial charge is 0.230 e. The second-order valence-electron chi connectivity index (χ2n) is 4.77. The highest BCUT2D eigenvalue weighted by Crippen LogP contribution is 2.31. The van der Waals surface area contributed by atoms with Gasteiger partial charge in [-0.05, 0) is 19.3 Å². The van der Waals surface area contributed by atoms with Crippen LogP contribution >= 0.6 is 23.1 Å². The lowest BCUT2D eigenvalue weighted by molar-refractivity contribution is -0.117. The number of aromatic nitrogens is 2. The molecule has 1 amide bonds. The molecule has 0 bridgehead atoms. The van der Waals surface area contributed by atoms with E-state index in [1.54, 1.807) is 0 Å². The summed E-state index contributed by atoms with van der Waals surface area (Å²) >= 11 is 2.92. The van der Waals surface area contributed by atoms with E-state index in [-0.39, 0.29) is 11.2 Å². The summed E-state index contributed by atoms with van der Waals surface area (Å²) in [5.41, 5.74) is 5.33. The van der Waals surface area contributed by atoms with Crippen molar-refractivity contribution >= 4 is 34.1 Å². The van der Waals surface area contributed by atoms with Crippen LogP contribution < -0.4 is 11.1 Å². The van der Waals surface area contributed by atoms with E-state index in [0.29, 0.717) is 12.5 Å².